The molecule has 0 N–H and O–H groups in total. The van der Waals surface area contributed by atoms with Crippen molar-refractivity contribution < 1.29 is 9.53 Å². The Morgan fingerprint density at radius 1 is 1.05 bits per heavy atom. The van der Waals surface area contributed by atoms with E-state index in [0.29, 0.717) is 12.2 Å². The standard InChI is InChI=1S/C16H15NO2.ClH/c1-2-19-16(18)15-7-5-13(6-8-15)3-4-14-9-11-17-12-10-14;/h3-12H,2H2,1H3;1H/b4-3+;. The molecule has 0 saturated carbocycles. The van der Waals surface area contributed by atoms with Gasteiger partial charge in [0.25, 0.3) is 0 Å². The second-order valence-corrected chi connectivity index (χ2v) is 3.96. The topological polar surface area (TPSA) is 39.2 Å². The Morgan fingerprint density at radius 3 is 2.15 bits per heavy atom. The lowest BCUT2D eigenvalue weighted by atomic mass is 10.1. The molecule has 1 aromatic heterocycles. The lowest BCUT2D eigenvalue weighted by molar-refractivity contribution is 0.0526. The van der Waals surface area contributed by atoms with Crippen molar-refractivity contribution in [1.29, 1.82) is 0 Å². The van der Waals surface area contributed by atoms with Crippen LogP contribution in [0.2, 0.25) is 0 Å². The number of nitrogens with zero attached hydrogens (tertiary/aromatic N) is 1. The van der Waals surface area contributed by atoms with Crippen LogP contribution in [-0.4, -0.2) is 17.6 Å². The van der Waals surface area contributed by atoms with Gasteiger partial charge in [0.2, 0.25) is 0 Å². The van der Waals surface area contributed by atoms with Gasteiger partial charge < -0.3 is 4.74 Å². The van der Waals surface area contributed by atoms with Crippen LogP contribution in [0.25, 0.3) is 12.2 Å². The van der Waals surface area contributed by atoms with E-state index < -0.39 is 0 Å². The van der Waals surface area contributed by atoms with Crippen LogP contribution in [0, 0.1) is 0 Å². The molecule has 0 fully saturated rings. The van der Waals surface area contributed by atoms with E-state index in [9.17, 15) is 4.79 Å². The van der Waals surface area contributed by atoms with Crippen molar-refractivity contribution in [3.8, 4) is 0 Å². The molecule has 2 aromatic rings. The Hall–Kier alpha value is -2.13. The van der Waals surface area contributed by atoms with E-state index in [1.807, 2.05) is 36.4 Å². The molecule has 0 atom stereocenters. The van der Waals surface area contributed by atoms with Crippen LogP contribution >= 0.6 is 12.4 Å². The average Bonchev–Trinajstić information content (AvgIpc) is 2.47. The second-order valence-electron chi connectivity index (χ2n) is 3.96. The normalized spacial score (nSPS) is 10.1. The molecule has 0 aliphatic heterocycles. The molecule has 0 spiro atoms. The average molecular weight is 290 g/mol. The van der Waals surface area contributed by atoms with E-state index in [1.165, 1.54) is 0 Å². The fourth-order valence-electron chi connectivity index (χ4n) is 1.61. The Kier molecular flexibility index (Phi) is 6.47. The van der Waals surface area contributed by atoms with Crippen LogP contribution in [0.5, 0.6) is 0 Å². The van der Waals surface area contributed by atoms with Gasteiger partial charge in [0.15, 0.2) is 0 Å². The van der Waals surface area contributed by atoms with Crippen LogP contribution in [0.4, 0.5) is 0 Å². The van der Waals surface area contributed by atoms with Gasteiger partial charge in [-0.2, -0.15) is 0 Å². The monoisotopic (exact) mass is 289 g/mol. The van der Waals surface area contributed by atoms with Crippen molar-refractivity contribution in [2.45, 2.75) is 6.92 Å². The third-order valence-corrected chi connectivity index (χ3v) is 2.60. The summed E-state index contributed by atoms with van der Waals surface area (Å²) in [4.78, 5) is 15.5. The lowest BCUT2D eigenvalue weighted by Crippen LogP contribution is -2.03. The third-order valence-electron chi connectivity index (χ3n) is 2.60. The number of esters is 1. The van der Waals surface area contributed by atoms with Gasteiger partial charge in [-0.3, -0.25) is 4.98 Å². The summed E-state index contributed by atoms with van der Waals surface area (Å²) in [5.41, 5.74) is 2.69. The second kappa shape index (κ2) is 8.12. The van der Waals surface area contributed by atoms with Crippen LogP contribution in [0.1, 0.15) is 28.4 Å². The molecular weight excluding hydrogens is 274 g/mol. The number of ether oxygens (including phenoxy) is 1. The molecular formula is C16H16ClNO2. The van der Waals surface area contributed by atoms with Crippen LogP contribution in [-0.2, 0) is 4.74 Å². The first-order valence-corrected chi connectivity index (χ1v) is 6.15. The molecule has 104 valence electrons. The highest BCUT2D eigenvalue weighted by atomic mass is 35.5. The maximum atomic E-state index is 11.5. The summed E-state index contributed by atoms with van der Waals surface area (Å²) in [6.45, 7) is 2.19. The molecule has 0 saturated heterocycles. The summed E-state index contributed by atoms with van der Waals surface area (Å²) in [7, 11) is 0. The number of hydrogen-bond donors (Lipinski definition) is 0. The Morgan fingerprint density at radius 2 is 1.60 bits per heavy atom. The zero-order valence-electron chi connectivity index (χ0n) is 11.2. The van der Waals surface area contributed by atoms with E-state index in [4.69, 9.17) is 4.74 Å². The van der Waals surface area contributed by atoms with Crippen molar-refractivity contribution in [1.82, 2.24) is 4.98 Å². The fraction of sp³-hybridized carbons (Fsp3) is 0.125. The number of hydrogen-bond acceptors (Lipinski definition) is 3. The van der Waals surface area contributed by atoms with Crippen LogP contribution < -0.4 is 0 Å². The smallest absolute Gasteiger partial charge is 0.338 e. The molecule has 0 aliphatic carbocycles. The third kappa shape index (κ3) is 4.52. The minimum absolute atomic E-state index is 0. The van der Waals surface area contributed by atoms with Gasteiger partial charge in [-0.15, -0.1) is 12.4 Å². The SMILES string of the molecule is CCOC(=O)c1ccc(/C=C/c2ccncc2)cc1.Cl. The van der Waals surface area contributed by atoms with Crippen LogP contribution in [0.15, 0.2) is 48.8 Å². The summed E-state index contributed by atoms with van der Waals surface area (Å²) in [6.07, 6.45) is 7.50. The van der Waals surface area contributed by atoms with Crippen LogP contribution in [0.3, 0.4) is 0 Å². The van der Waals surface area contributed by atoms with E-state index in [1.54, 1.807) is 31.5 Å². The largest absolute Gasteiger partial charge is 0.462 e. The Balaban J connectivity index is 0.00000200. The Labute approximate surface area is 124 Å². The molecule has 4 heteroatoms. The van der Waals surface area contributed by atoms with Crippen molar-refractivity contribution in [3.63, 3.8) is 0 Å². The first-order valence-electron chi connectivity index (χ1n) is 6.15. The fourth-order valence-corrected chi connectivity index (χ4v) is 1.61. The predicted octanol–water partition coefficient (Wildman–Crippen LogP) is 3.85. The minimum atomic E-state index is -0.285. The number of halogens is 1. The summed E-state index contributed by atoms with van der Waals surface area (Å²) < 4.78 is 4.93. The zero-order valence-corrected chi connectivity index (χ0v) is 12.0. The molecule has 0 aliphatic rings. The van der Waals surface area contributed by atoms with Crippen molar-refractivity contribution in [2.24, 2.45) is 0 Å². The molecule has 0 amide bonds. The number of rotatable bonds is 4. The molecule has 2 rings (SSSR count). The van der Waals surface area contributed by atoms with Gasteiger partial charge in [-0.05, 0) is 42.3 Å². The summed E-state index contributed by atoms with van der Waals surface area (Å²) in [5, 5.41) is 0. The zero-order chi connectivity index (χ0) is 13.5. The van der Waals surface area contributed by atoms with Gasteiger partial charge in [-0.1, -0.05) is 24.3 Å². The van der Waals surface area contributed by atoms with Gasteiger partial charge in [0.05, 0.1) is 12.2 Å². The Bertz CT molecular complexity index is 565. The van der Waals surface area contributed by atoms with Gasteiger partial charge >= 0.3 is 5.97 Å². The molecule has 1 heterocycles. The first-order chi connectivity index (χ1) is 9.29. The number of carbonyl (C=O) groups excluding carboxylic acids is 1. The van der Waals surface area contributed by atoms with Gasteiger partial charge in [-0.25, -0.2) is 4.79 Å². The summed E-state index contributed by atoms with van der Waals surface area (Å²) in [6, 6.07) is 11.2. The van der Waals surface area contributed by atoms with Gasteiger partial charge in [0, 0.05) is 12.4 Å². The highest BCUT2D eigenvalue weighted by Gasteiger charge is 2.04. The molecule has 20 heavy (non-hydrogen) atoms. The van der Waals surface area contributed by atoms with Crippen molar-refractivity contribution >= 4 is 30.5 Å². The minimum Gasteiger partial charge on any atom is -0.462 e. The molecule has 0 radical (unpaired) electrons. The number of carbonyl (C=O) groups is 1. The number of pyridine rings is 1. The quantitative estimate of drug-likeness (QED) is 0.803. The number of aromatic nitrogens is 1. The van der Waals surface area contributed by atoms with E-state index in [2.05, 4.69) is 4.98 Å². The summed E-state index contributed by atoms with van der Waals surface area (Å²) >= 11 is 0. The van der Waals surface area contributed by atoms with E-state index in [0.717, 1.165) is 11.1 Å². The molecule has 0 unspecified atom stereocenters. The van der Waals surface area contributed by atoms with Crippen molar-refractivity contribution in [2.75, 3.05) is 6.61 Å². The number of benzene rings is 1. The highest BCUT2D eigenvalue weighted by Crippen LogP contribution is 2.10. The molecule has 0 bridgehead atoms. The maximum Gasteiger partial charge on any atom is 0.338 e. The molecule has 3 nitrogen and oxygen atoms in total. The van der Waals surface area contributed by atoms with E-state index in [-0.39, 0.29) is 18.4 Å². The van der Waals surface area contributed by atoms with Gasteiger partial charge in [0.1, 0.15) is 0 Å². The summed E-state index contributed by atoms with van der Waals surface area (Å²) in [5.74, 6) is -0.285. The van der Waals surface area contributed by atoms with E-state index >= 15 is 0 Å². The predicted molar refractivity (Wildman–Crippen MR) is 82.8 cm³/mol. The van der Waals surface area contributed by atoms with Crippen molar-refractivity contribution in [3.05, 3.63) is 65.5 Å². The first kappa shape index (κ1) is 15.9. The molecule has 1 aromatic carbocycles. The lowest BCUT2D eigenvalue weighted by Gasteiger charge is -2.01. The highest BCUT2D eigenvalue weighted by molar-refractivity contribution is 5.89. The maximum absolute atomic E-state index is 11.5.